The summed E-state index contributed by atoms with van der Waals surface area (Å²) >= 11 is 0. The van der Waals surface area contributed by atoms with Gasteiger partial charge >= 0.3 is 7.12 Å². The molecular weight excluding hydrogens is 260 g/mol. The molecule has 2 rings (SSSR count). The molecule has 0 aliphatic heterocycles. The van der Waals surface area contributed by atoms with E-state index in [1.54, 1.807) is 24.3 Å². The quantitative estimate of drug-likeness (QED) is 0.812. The van der Waals surface area contributed by atoms with Gasteiger partial charge in [0.05, 0.1) is 11.6 Å². The largest absolute Gasteiger partial charge is 0.492 e. The van der Waals surface area contributed by atoms with Gasteiger partial charge in [0.15, 0.2) is 0 Å². The summed E-state index contributed by atoms with van der Waals surface area (Å²) in [6, 6.07) is 12.2. The fourth-order valence-electron chi connectivity index (χ4n) is 1.74. The van der Waals surface area contributed by atoms with Gasteiger partial charge in [0.2, 0.25) is 0 Å². The van der Waals surface area contributed by atoms with Crippen LogP contribution in [0.2, 0.25) is 0 Å². The summed E-state index contributed by atoms with van der Waals surface area (Å²) in [4.78, 5) is 0. The van der Waals surface area contributed by atoms with Crippen LogP contribution in [0.3, 0.4) is 0 Å². The Morgan fingerprint density at radius 2 is 2.00 bits per heavy atom. The summed E-state index contributed by atoms with van der Waals surface area (Å²) in [7, 11) is -1.74. The summed E-state index contributed by atoms with van der Waals surface area (Å²) in [5, 5.41) is 27.2. The minimum atomic E-state index is -1.74. The molecule has 20 heavy (non-hydrogen) atoms. The van der Waals surface area contributed by atoms with Crippen molar-refractivity contribution >= 4 is 12.6 Å². The van der Waals surface area contributed by atoms with Gasteiger partial charge < -0.3 is 14.8 Å². The molecule has 0 aromatic heterocycles. The van der Waals surface area contributed by atoms with E-state index in [1.807, 2.05) is 6.07 Å². The van der Waals surface area contributed by atoms with Crippen LogP contribution >= 0.6 is 0 Å². The number of hydrogen-bond donors (Lipinski definition) is 2. The number of halogens is 1. The van der Waals surface area contributed by atoms with Crippen LogP contribution in [0.15, 0.2) is 42.5 Å². The van der Waals surface area contributed by atoms with Crippen molar-refractivity contribution in [3.63, 3.8) is 0 Å². The average molecular weight is 271 g/mol. The molecule has 0 heterocycles. The lowest BCUT2D eigenvalue weighted by Crippen LogP contribution is -2.31. The number of hydrogen-bond acceptors (Lipinski definition) is 4. The van der Waals surface area contributed by atoms with Gasteiger partial charge in [-0.1, -0.05) is 18.2 Å². The normalized spacial score (nSPS) is 9.90. The zero-order valence-corrected chi connectivity index (χ0v) is 10.5. The molecule has 100 valence electrons. The predicted octanol–water partition coefficient (Wildman–Crippen LogP) is 0.956. The number of nitrogens with zero attached hydrogens (tertiary/aromatic N) is 1. The Morgan fingerprint density at radius 3 is 2.70 bits per heavy atom. The first kappa shape index (κ1) is 14.1. The highest BCUT2D eigenvalue weighted by Crippen LogP contribution is 2.13. The Hall–Kier alpha value is -2.36. The summed E-state index contributed by atoms with van der Waals surface area (Å²) in [5.41, 5.74) is 1.31. The monoisotopic (exact) mass is 271 g/mol. The van der Waals surface area contributed by atoms with E-state index in [-0.39, 0.29) is 17.8 Å². The molecule has 0 aliphatic carbocycles. The first-order chi connectivity index (χ1) is 9.60. The van der Waals surface area contributed by atoms with Crippen molar-refractivity contribution in [1.82, 2.24) is 0 Å². The number of rotatable bonds is 4. The van der Waals surface area contributed by atoms with Crippen molar-refractivity contribution in [3.8, 4) is 11.8 Å². The summed E-state index contributed by atoms with van der Waals surface area (Å²) in [6.45, 7) is 0.0959. The highest BCUT2D eigenvalue weighted by molar-refractivity contribution is 6.59. The van der Waals surface area contributed by atoms with Gasteiger partial charge in [-0.2, -0.15) is 5.26 Å². The highest BCUT2D eigenvalue weighted by atomic mass is 19.1. The second-order valence-corrected chi connectivity index (χ2v) is 4.16. The zero-order chi connectivity index (χ0) is 14.5. The van der Waals surface area contributed by atoms with Gasteiger partial charge in [0, 0.05) is 11.5 Å². The average Bonchev–Trinajstić information content (AvgIpc) is 2.45. The molecule has 0 fully saturated rings. The van der Waals surface area contributed by atoms with Crippen LogP contribution in [0.1, 0.15) is 11.1 Å². The first-order valence-corrected chi connectivity index (χ1v) is 5.87. The van der Waals surface area contributed by atoms with Crippen molar-refractivity contribution in [1.29, 1.82) is 5.26 Å². The fraction of sp³-hybridized carbons (Fsp3) is 0.0714. The van der Waals surface area contributed by atoms with Crippen molar-refractivity contribution in [3.05, 3.63) is 59.4 Å². The Morgan fingerprint density at radius 1 is 1.20 bits per heavy atom. The molecule has 4 nitrogen and oxygen atoms in total. The molecule has 0 atom stereocenters. The third-order valence-electron chi connectivity index (χ3n) is 2.70. The molecule has 0 saturated carbocycles. The fourth-order valence-corrected chi connectivity index (χ4v) is 1.74. The van der Waals surface area contributed by atoms with Crippen LogP contribution in [0.25, 0.3) is 0 Å². The van der Waals surface area contributed by atoms with Crippen LogP contribution in [0.4, 0.5) is 4.39 Å². The van der Waals surface area contributed by atoms with E-state index in [0.29, 0.717) is 5.56 Å². The highest BCUT2D eigenvalue weighted by Gasteiger charge is 2.17. The molecule has 2 N–H and O–H groups in total. The molecule has 0 spiro atoms. The molecule has 0 aliphatic rings. The maximum atomic E-state index is 13.2. The molecule has 0 amide bonds. The Kier molecular flexibility index (Phi) is 4.36. The zero-order valence-electron chi connectivity index (χ0n) is 10.5. The van der Waals surface area contributed by atoms with E-state index in [9.17, 15) is 14.4 Å². The third kappa shape index (κ3) is 3.35. The third-order valence-corrected chi connectivity index (χ3v) is 2.70. The van der Waals surface area contributed by atoms with Gasteiger partial charge in [0.1, 0.15) is 18.2 Å². The lowest BCUT2D eigenvalue weighted by molar-refractivity contribution is 0.305. The molecular formula is C14H11BFNO3. The van der Waals surface area contributed by atoms with Crippen molar-refractivity contribution in [2.75, 3.05) is 0 Å². The second-order valence-electron chi connectivity index (χ2n) is 4.16. The molecule has 0 bridgehead atoms. The number of ether oxygens (including phenoxy) is 1. The Balaban J connectivity index is 2.18. The molecule has 2 aromatic carbocycles. The van der Waals surface area contributed by atoms with E-state index in [4.69, 9.17) is 10.00 Å². The van der Waals surface area contributed by atoms with Gasteiger partial charge in [0.25, 0.3) is 0 Å². The van der Waals surface area contributed by atoms with E-state index >= 15 is 0 Å². The molecule has 2 aromatic rings. The van der Waals surface area contributed by atoms with Gasteiger partial charge in [-0.15, -0.1) is 0 Å². The smallest absolute Gasteiger partial charge is 0.489 e. The van der Waals surface area contributed by atoms with Crippen LogP contribution < -0.4 is 10.2 Å². The van der Waals surface area contributed by atoms with E-state index in [1.165, 1.54) is 6.07 Å². The minimum absolute atomic E-state index is 0.0577. The van der Waals surface area contributed by atoms with E-state index < -0.39 is 12.9 Å². The van der Waals surface area contributed by atoms with Crippen molar-refractivity contribution in [2.24, 2.45) is 0 Å². The lowest BCUT2D eigenvalue weighted by atomic mass is 9.79. The van der Waals surface area contributed by atoms with E-state index in [0.717, 1.165) is 17.7 Å². The van der Waals surface area contributed by atoms with Crippen LogP contribution in [0.5, 0.6) is 5.75 Å². The topological polar surface area (TPSA) is 73.5 Å². The second kappa shape index (κ2) is 6.19. The molecule has 0 unspecified atom stereocenters. The molecule has 6 heteroatoms. The molecule has 0 saturated heterocycles. The van der Waals surface area contributed by atoms with Crippen molar-refractivity contribution in [2.45, 2.75) is 6.61 Å². The van der Waals surface area contributed by atoms with Gasteiger partial charge in [-0.25, -0.2) is 4.39 Å². The van der Waals surface area contributed by atoms with E-state index in [2.05, 4.69) is 0 Å². The predicted molar refractivity (Wildman–Crippen MR) is 71.7 cm³/mol. The van der Waals surface area contributed by atoms with Gasteiger partial charge in [-0.05, 0) is 23.8 Å². The summed E-state index contributed by atoms with van der Waals surface area (Å²) in [5.74, 6) is -0.475. The minimum Gasteiger partial charge on any atom is -0.489 e. The van der Waals surface area contributed by atoms with Crippen LogP contribution in [0, 0.1) is 17.1 Å². The lowest BCUT2D eigenvalue weighted by Gasteiger charge is -2.11. The number of benzene rings is 2. The maximum absolute atomic E-state index is 13.2. The summed E-state index contributed by atoms with van der Waals surface area (Å²) < 4.78 is 18.6. The standard InChI is InChI=1S/C14H11BFNO3/c16-12-4-5-13(15(18)19)14(7-12)20-9-11-3-1-2-10(6-11)8-17/h1-7,18-19H,9H2. The first-order valence-electron chi connectivity index (χ1n) is 5.87. The van der Waals surface area contributed by atoms with Crippen molar-refractivity contribution < 1.29 is 19.2 Å². The maximum Gasteiger partial charge on any atom is 0.492 e. The summed E-state index contributed by atoms with van der Waals surface area (Å²) in [6.07, 6.45) is 0. The Labute approximate surface area is 115 Å². The van der Waals surface area contributed by atoms with Crippen LogP contribution in [-0.4, -0.2) is 17.2 Å². The van der Waals surface area contributed by atoms with Gasteiger partial charge in [-0.3, -0.25) is 0 Å². The number of nitriles is 1. The Bertz CT molecular complexity index is 655. The SMILES string of the molecule is N#Cc1cccc(COc2cc(F)ccc2B(O)O)c1. The molecule has 0 radical (unpaired) electrons. The van der Waals surface area contributed by atoms with Crippen LogP contribution in [-0.2, 0) is 6.61 Å².